The summed E-state index contributed by atoms with van der Waals surface area (Å²) < 4.78 is 5.81. The van der Waals surface area contributed by atoms with Crippen LogP contribution in [0.5, 0.6) is 5.88 Å². The third-order valence-corrected chi connectivity index (χ3v) is 3.64. The van der Waals surface area contributed by atoms with Gasteiger partial charge < -0.3 is 15.8 Å². The molecule has 110 valence electrons. The molecule has 3 N–H and O–H groups in total. The second-order valence-corrected chi connectivity index (χ2v) is 5.37. The minimum absolute atomic E-state index is 0.248. The molecular formula is C15H24N4O. The lowest BCUT2D eigenvalue weighted by atomic mass is 9.85. The summed E-state index contributed by atoms with van der Waals surface area (Å²) in [7, 11) is 0. The summed E-state index contributed by atoms with van der Waals surface area (Å²) in [6.07, 6.45) is 7.71. The number of rotatable bonds is 6. The first-order chi connectivity index (χ1) is 9.69. The maximum absolute atomic E-state index is 5.81. The van der Waals surface area contributed by atoms with E-state index in [4.69, 9.17) is 10.5 Å². The van der Waals surface area contributed by atoms with Gasteiger partial charge in [0.15, 0.2) is 0 Å². The number of aromatic nitrogens is 2. The van der Waals surface area contributed by atoms with E-state index in [1.54, 1.807) is 0 Å². The summed E-state index contributed by atoms with van der Waals surface area (Å²) in [5.41, 5.74) is 5.71. The molecule has 1 aliphatic carbocycles. The number of hydrogen-bond donors (Lipinski definition) is 2. The number of nitrogen functional groups attached to an aromatic ring is 1. The van der Waals surface area contributed by atoms with Gasteiger partial charge in [0.25, 0.3) is 0 Å². The van der Waals surface area contributed by atoms with Crippen molar-refractivity contribution in [2.75, 3.05) is 24.2 Å². The van der Waals surface area contributed by atoms with Gasteiger partial charge >= 0.3 is 0 Å². The van der Waals surface area contributed by atoms with Gasteiger partial charge in [0.05, 0.1) is 6.61 Å². The summed E-state index contributed by atoms with van der Waals surface area (Å²) >= 11 is 0. The van der Waals surface area contributed by atoms with Crippen LogP contribution in [0.25, 0.3) is 0 Å². The van der Waals surface area contributed by atoms with Crippen LogP contribution < -0.4 is 15.8 Å². The van der Waals surface area contributed by atoms with E-state index in [1.165, 1.54) is 0 Å². The third kappa shape index (κ3) is 4.11. The lowest BCUT2D eigenvalue weighted by Crippen LogP contribution is -2.21. The summed E-state index contributed by atoms with van der Waals surface area (Å²) in [5.74, 6) is 2.72. The zero-order valence-corrected chi connectivity index (χ0v) is 12.3. The summed E-state index contributed by atoms with van der Waals surface area (Å²) in [5, 5.41) is 3.20. The van der Waals surface area contributed by atoms with Crippen molar-refractivity contribution in [2.45, 2.75) is 33.1 Å². The Labute approximate surface area is 120 Å². The Hall–Kier alpha value is -1.78. The maximum atomic E-state index is 5.81. The molecule has 2 unspecified atom stereocenters. The molecule has 0 radical (unpaired) electrons. The Morgan fingerprint density at radius 2 is 2.15 bits per heavy atom. The Kier molecular flexibility index (Phi) is 5.21. The van der Waals surface area contributed by atoms with Crippen molar-refractivity contribution in [1.82, 2.24) is 9.97 Å². The zero-order chi connectivity index (χ0) is 14.4. The molecule has 2 atom stereocenters. The van der Waals surface area contributed by atoms with E-state index >= 15 is 0 Å². The number of nitrogens with two attached hydrogens (primary N) is 1. The predicted octanol–water partition coefficient (Wildman–Crippen LogP) is 2.86. The monoisotopic (exact) mass is 276 g/mol. The van der Waals surface area contributed by atoms with Crippen molar-refractivity contribution in [2.24, 2.45) is 11.8 Å². The second kappa shape index (κ2) is 7.12. The zero-order valence-electron chi connectivity index (χ0n) is 12.3. The highest BCUT2D eigenvalue weighted by Crippen LogP contribution is 2.26. The van der Waals surface area contributed by atoms with Crippen LogP contribution >= 0.6 is 0 Å². The highest BCUT2D eigenvalue weighted by molar-refractivity contribution is 5.42. The van der Waals surface area contributed by atoms with Gasteiger partial charge in [-0.05, 0) is 31.1 Å². The van der Waals surface area contributed by atoms with Crippen molar-refractivity contribution in [1.29, 1.82) is 0 Å². The Morgan fingerprint density at radius 1 is 1.35 bits per heavy atom. The van der Waals surface area contributed by atoms with Gasteiger partial charge in [-0.2, -0.15) is 9.97 Å². The fourth-order valence-corrected chi connectivity index (χ4v) is 2.29. The topological polar surface area (TPSA) is 73.1 Å². The summed E-state index contributed by atoms with van der Waals surface area (Å²) in [6.45, 7) is 5.91. The van der Waals surface area contributed by atoms with Gasteiger partial charge in [0.1, 0.15) is 5.82 Å². The van der Waals surface area contributed by atoms with Crippen molar-refractivity contribution in [3.8, 4) is 5.88 Å². The number of allylic oxidation sites excluding steroid dienone is 2. The molecule has 0 aromatic carbocycles. The predicted molar refractivity (Wildman–Crippen MR) is 81.7 cm³/mol. The molecule has 0 amide bonds. The molecule has 0 aliphatic heterocycles. The minimum atomic E-state index is 0.248. The van der Waals surface area contributed by atoms with E-state index in [0.717, 1.165) is 31.6 Å². The largest absolute Gasteiger partial charge is 0.477 e. The number of anilines is 2. The molecule has 2 rings (SSSR count). The van der Waals surface area contributed by atoms with E-state index in [1.807, 2.05) is 6.07 Å². The van der Waals surface area contributed by atoms with Gasteiger partial charge in [0.2, 0.25) is 11.8 Å². The van der Waals surface area contributed by atoms with Gasteiger partial charge in [0, 0.05) is 12.6 Å². The molecule has 0 bridgehead atoms. The highest BCUT2D eigenvalue weighted by Gasteiger charge is 2.19. The van der Waals surface area contributed by atoms with Crippen LogP contribution in [0.2, 0.25) is 0 Å². The lowest BCUT2D eigenvalue weighted by molar-refractivity contribution is 0.193. The Bertz CT molecular complexity index is 461. The SMILES string of the molecule is CCCNc1cc(OCC2CC=CCC2C)nc(N)n1. The van der Waals surface area contributed by atoms with Gasteiger partial charge in [-0.1, -0.05) is 26.0 Å². The van der Waals surface area contributed by atoms with Gasteiger partial charge in [-0.15, -0.1) is 0 Å². The van der Waals surface area contributed by atoms with Crippen LogP contribution in [0.1, 0.15) is 33.1 Å². The summed E-state index contributed by atoms with van der Waals surface area (Å²) in [4.78, 5) is 8.28. The van der Waals surface area contributed by atoms with Crippen molar-refractivity contribution >= 4 is 11.8 Å². The van der Waals surface area contributed by atoms with E-state index in [-0.39, 0.29) is 5.95 Å². The van der Waals surface area contributed by atoms with E-state index in [9.17, 15) is 0 Å². The number of hydrogen-bond acceptors (Lipinski definition) is 5. The molecule has 1 aromatic rings. The average Bonchev–Trinajstić information content (AvgIpc) is 2.44. The molecular weight excluding hydrogens is 252 g/mol. The number of nitrogens with one attached hydrogen (secondary N) is 1. The highest BCUT2D eigenvalue weighted by atomic mass is 16.5. The van der Waals surface area contributed by atoms with Crippen LogP contribution in [-0.4, -0.2) is 23.1 Å². The standard InChI is InChI=1S/C15H24N4O/c1-3-8-17-13-9-14(19-15(16)18-13)20-10-12-7-5-4-6-11(12)2/h4-5,9,11-12H,3,6-8,10H2,1-2H3,(H3,16,17,18,19). The van der Waals surface area contributed by atoms with Crippen molar-refractivity contribution < 1.29 is 4.74 Å². The van der Waals surface area contributed by atoms with Crippen LogP contribution in [0, 0.1) is 11.8 Å². The number of ether oxygens (including phenoxy) is 1. The molecule has 0 saturated heterocycles. The first-order valence-electron chi connectivity index (χ1n) is 7.35. The Balaban J connectivity index is 1.94. The van der Waals surface area contributed by atoms with Gasteiger partial charge in [-0.3, -0.25) is 0 Å². The van der Waals surface area contributed by atoms with Crippen LogP contribution in [0.3, 0.4) is 0 Å². The molecule has 20 heavy (non-hydrogen) atoms. The van der Waals surface area contributed by atoms with Crippen molar-refractivity contribution in [3.05, 3.63) is 18.2 Å². The first-order valence-corrected chi connectivity index (χ1v) is 7.35. The maximum Gasteiger partial charge on any atom is 0.225 e. The molecule has 5 nitrogen and oxygen atoms in total. The molecule has 0 spiro atoms. The number of nitrogens with zero attached hydrogens (tertiary/aromatic N) is 2. The Morgan fingerprint density at radius 3 is 2.90 bits per heavy atom. The minimum Gasteiger partial charge on any atom is -0.477 e. The van der Waals surface area contributed by atoms with E-state index in [2.05, 4.69) is 41.3 Å². The second-order valence-electron chi connectivity index (χ2n) is 5.37. The molecule has 1 heterocycles. The van der Waals surface area contributed by atoms with Crippen molar-refractivity contribution in [3.63, 3.8) is 0 Å². The lowest BCUT2D eigenvalue weighted by Gasteiger charge is -2.24. The van der Waals surface area contributed by atoms with E-state index < -0.39 is 0 Å². The molecule has 5 heteroatoms. The van der Waals surface area contributed by atoms with Gasteiger partial charge in [-0.25, -0.2) is 0 Å². The molecule has 1 aromatic heterocycles. The molecule has 1 aliphatic rings. The smallest absolute Gasteiger partial charge is 0.225 e. The quantitative estimate of drug-likeness (QED) is 0.782. The fraction of sp³-hybridized carbons (Fsp3) is 0.600. The molecule has 0 saturated carbocycles. The van der Waals surface area contributed by atoms with Crippen LogP contribution in [0.4, 0.5) is 11.8 Å². The van der Waals surface area contributed by atoms with E-state index in [0.29, 0.717) is 24.3 Å². The van der Waals surface area contributed by atoms with Crippen LogP contribution in [0.15, 0.2) is 18.2 Å². The first kappa shape index (κ1) is 14.6. The average molecular weight is 276 g/mol. The van der Waals surface area contributed by atoms with Crippen LogP contribution in [-0.2, 0) is 0 Å². The fourth-order valence-electron chi connectivity index (χ4n) is 2.29. The molecule has 0 fully saturated rings. The normalized spacial score (nSPS) is 21.7. The summed E-state index contributed by atoms with van der Waals surface area (Å²) in [6, 6.07) is 1.81. The third-order valence-electron chi connectivity index (χ3n) is 3.64.